The lowest BCUT2D eigenvalue weighted by molar-refractivity contribution is -0.139. The van der Waals surface area contributed by atoms with E-state index in [4.69, 9.17) is 4.74 Å². The lowest BCUT2D eigenvalue weighted by atomic mass is 9.66. The molecule has 0 bridgehead atoms. The average Bonchev–Trinajstić information content (AvgIpc) is 3.00. The van der Waals surface area contributed by atoms with Crippen LogP contribution in [0.3, 0.4) is 0 Å². The molecule has 2 aromatic rings. The number of benzene rings is 2. The summed E-state index contributed by atoms with van der Waals surface area (Å²) < 4.78 is 5.45. The number of imide groups is 1. The Morgan fingerprint density at radius 2 is 1.48 bits per heavy atom. The first-order chi connectivity index (χ1) is 14.2. The Balaban J connectivity index is 1.80. The van der Waals surface area contributed by atoms with Gasteiger partial charge in [0.15, 0.2) is 0 Å². The highest BCUT2D eigenvalue weighted by atomic mass is 16.5. The second-order valence-corrected chi connectivity index (χ2v) is 7.72. The van der Waals surface area contributed by atoms with Gasteiger partial charge in [-0.25, -0.2) is 0 Å². The van der Waals surface area contributed by atoms with E-state index in [1.165, 1.54) is 4.90 Å². The van der Waals surface area contributed by atoms with Crippen LogP contribution in [-0.4, -0.2) is 61.0 Å². The van der Waals surface area contributed by atoms with Crippen LogP contribution >= 0.6 is 0 Å². The first kappa shape index (κ1) is 19.8. The predicted octanol–water partition coefficient (Wildman–Crippen LogP) is 2.70. The lowest BCUT2D eigenvalue weighted by Crippen LogP contribution is -2.44. The van der Waals surface area contributed by atoms with Crippen molar-refractivity contribution in [3.05, 3.63) is 71.8 Å². The Bertz CT molecular complexity index is 807. The monoisotopic (exact) mass is 392 g/mol. The number of amides is 2. The largest absolute Gasteiger partial charge is 0.379 e. The van der Waals surface area contributed by atoms with Crippen LogP contribution in [0.15, 0.2) is 60.7 Å². The van der Waals surface area contributed by atoms with E-state index in [2.05, 4.69) is 4.90 Å². The Morgan fingerprint density at radius 3 is 2.00 bits per heavy atom. The van der Waals surface area contributed by atoms with Crippen molar-refractivity contribution in [2.45, 2.75) is 18.8 Å². The molecule has 2 heterocycles. The molecule has 152 valence electrons. The Labute approximate surface area is 172 Å². The van der Waals surface area contributed by atoms with E-state index in [9.17, 15) is 9.59 Å². The molecule has 29 heavy (non-hydrogen) atoms. The molecule has 2 saturated heterocycles. The third-order valence-electron chi connectivity index (χ3n) is 6.28. The van der Waals surface area contributed by atoms with Crippen LogP contribution in [-0.2, 0) is 19.7 Å². The number of carbonyl (C=O) groups excluding carboxylic acids is 2. The summed E-state index contributed by atoms with van der Waals surface area (Å²) in [5.41, 5.74) is 0.821. The minimum Gasteiger partial charge on any atom is -0.379 e. The van der Waals surface area contributed by atoms with Crippen LogP contribution in [0.2, 0.25) is 0 Å². The molecule has 5 nitrogen and oxygen atoms in total. The summed E-state index contributed by atoms with van der Waals surface area (Å²) in [4.78, 5) is 31.0. The Morgan fingerprint density at radius 1 is 0.931 bits per heavy atom. The molecular formula is C24H28N2O3. The van der Waals surface area contributed by atoms with Gasteiger partial charge in [-0.1, -0.05) is 60.7 Å². The normalized spacial score (nSPS) is 22.2. The zero-order chi connectivity index (χ0) is 20.3. The maximum absolute atomic E-state index is 13.8. The van der Waals surface area contributed by atoms with Crippen LogP contribution in [0.25, 0.3) is 0 Å². The van der Waals surface area contributed by atoms with Gasteiger partial charge in [0.2, 0.25) is 11.8 Å². The van der Waals surface area contributed by atoms with Crippen LogP contribution < -0.4 is 0 Å². The third-order valence-corrected chi connectivity index (χ3v) is 6.28. The fraction of sp³-hybridized carbons (Fsp3) is 0.417. The van der Waals surface area contributed by atoms with E-state index in [1.807, 2.05) is 67.6 Å². The van der Waals surface area contributed by atoms with Gasteiger partial charge in [0.05, 0.1) is 19.1 Å². The summed E-state index contributed by atoms with van der Waals surface area (Å²) in [6, 6.07) is 19.6. The van der Waals surface area contributed by atoms with E-state index in [0.29, 0.717) is 13.0 Å². The van der Waals surface area contributed by atoms with Gasteiger partial charge in [0.1, 0.15) is 5.41 Å². The molecule has 0 spiro atoms. The molecule has 5 heteroatoms. The van der Waals surface area contributed by atoms with E-state index >= 15 is 0 Å². The summed E-state index contributed by atoms with van der Waals surface area (Å²) in [5.74, 6) is -0.574. The van der Waals surface area contributed by atoms with Crippen LogP contribution in [0.5, 0.6) is 0 Å². The second-order valence-electron chi connectivity index (χ2n) is 7.72. The van der Waals surface area contributed by atoms with Crippen LogP contribution in [0.1, 0.15) is 24.5 Å². The molecule has 1 atom stereocenters. The smallest absolute Gasteiger partial charge is 0.245 e. The van der Waals surface area contributed by atoms with Crippen LogP contribution in [0, 0.1) is 5.92 Å². The molecule has 1 unspecified atom stereocenters. The van der Waals surface area contributed by atoms with Crippen molar-refractivity contribution < 1.29 is 14.3 Å². The van der Waals surface area contributed by atoms with Crippen molar-refractivity contribution >= 4 is 11.8 Å². The number of likely N-dealkylation sites (tertiary alicyclic amines) is 1. The Kier molecular flexibility index (Phi) is 5.79. The van der Waals surface area contributed by atoms with Gasteiger partial charge < -0.3 is 4.74 Å². The van der Waals surface area contributed by atoms with Crippen molar-refractivity contribution in [2.75, 3.05) is 39.4 Å². The number of hydrogen-bond donors (Lipinski definition) is 0. The third kappa shape index (κ3) is 3.38. The molecule has 2 aliphatic heterocycles. The van der Waals surface area contributed by atoms with E-state index < -0.39 is 11.3 Å². The number of rotatable bonds is 6. The minimum absolute atomic E-state index is 0.0570. The molecule has 0 aliphatic carbocycles. The molecule has 0 radical (unpaired) electrons. The Hall–Kier alpha value is -2.50. The predicted molar refractivity (Wildman–Crippen MR) is 111 cm³/mol. The lowest BCUT2D eigenvalue weighted by Gasteiger charge is -2.34. The van der Waals surface area contributed by atoms with Gasteiger partial charge in [-0.3, -0.25) is 19.4 Å². The molecule has 0 N–H and O–H groups in total. The quantitative estimate of drug-likeness (QED) is 0.710. The SMILES string of the molecule is CCN1C(=O)C(CCN2CCOCC2)C(c2ccccc2)(c2ccccc2)C1=O. The number of likely N-dealkylation sites (N-methyl/N-ethyl adjacent to an activating group) is 1. The van der Waals surface area contributed by atoms with Crippen LogP contribution in [0.4, 0.5) is 0 Å². The molecule has 0 aromatic heterocycles. The number of nitrogens with zero attached hydrogens (tertiary/aromatic N) is 2. The summed E-state index contributed by atoms with van der Waals surface area (Å²) in [7, 11) is 0. The molecule has 4 rings (SSSR count). The average molecular weight is 392 g/mol. The van der Waals surface area contributed by atoms with Crippen molar-refractivity contribution in [3.63, 3.8) is 0 Å². The highest BCUT2D eigenvalue weighted by molar-refractivity contribution is 6.12. The second kappa shape index (κ2) is 8.47. The van der Waals surface area contributed by atoms with Gasteiger partial charge in [0, 0.05) is 19.6 Å². The highest BCUT2D eigenvalue weighted by Crippen LogP contribution is 2.48. The standard InChI is InChI=1S/C24H28N2O3/c1-2-26-22(27)21(13-14-25-15-17-29-18-16-25)24(23(26)28,19-9-5-3-6-10-19)20-11-7-4-8-12-20/h3-12,21H,2,13-18H2,1H3. The summed E-state index contributed by atoms with van der Waals surface area (Å²) in [6.07, 6.45) is 0.644. The van der Waals surface area contributed by atoms with E-state index in [0.717, 1.165) is 44.0 Å². The first-order valence-corrected chi connectivity index (χ1v) is 10.5. The van der Waals surface area contributed by atoms with Crippen molar-refractivity contribution in [1.82, 2.24) is 9.80 Å². The van der Waals surface area contributed by atoms with Crippen molar-refractivity contribution in [2.24, 2.45) is 5.92 Å². The summed E-state index contributed by atoms with van der Waals surface area (Å²) >= 11 is 0. The zero-order valence-electron chi connectivity index (χ0n) is 16.9. The number of ether oxygens (including phenoxy) is 1. The number of morpholine rings is 1. The van der Waals surface area contributed by atoms with Crippen molar-refractivity contribution in [1.29, 1.82) is 0 Å². The summed E-state index contributed by atoms with van der Waals surface area (Å²) in [5, 5.41) is 0. The zero-order valence-corrected chi connectivity index (χ0v) is 16.9. The minimum atomic E-state index is -0.970. The fourth-order valence-electron chi connectivity index (χ4n) is 4.83. The van der Waals surface area contributed by atoms with Crippen molar-refractivity contribution in [3.8, 4) is 0 Å². The highest BCUT2D eigenvalue weighted by Gasteiger charge is 2.60. The van der Waals surface area contributed by atoms with Gasteiger partial charge >= 0.3 is 0 Å². The van der Waals surface area contributed by atoms with E-state index in [-0.39, 0.29) is 11.8 Å². The van der Waals surface area contributed by atoms with Gasteiger partial charge in [0.25, 0.3) is 0 Å². The molecule has 2 aliphatic rings. The molecule has 2 aromatic carbocycles. The topological polar surface area (TPSA) is 49.9 Å². The van der Waals surface area contributed by atoms with Gasteiger partial charge in [-0.05, 0) is 31.0 Å². The van der Waals surface area contributed by atoms with Gasteiger partial charge in [-0.15, -0.1) is 0 Å². The maximum Gasteiger partial charge on any atom is 0.245 e. The molecular weight excluding hydrogens is 364 g/mol. The molecule has 2 amide bonds. The fourth-order valence-corrected chi connectivity index (χ4v) is 4.83. The van der Waals surface area contributed by atoms with E-state index in [1.54, 1.807) is 0 Å². The molecule has 0 saturated carbocycles. The number of hydrogen-bond acceptors (Lipinski definition) is 4. The summed E-state index contributed by atoms with van der Waals surface area (Å²) in [6.45, 7) is 6.24. The maximum atomic E-state index is 13.8. The van der Waals surface area contributed by atoms with Gasteiger partial charge in [-0.2, -0.15) is 0 Å². The molecule has 2 fully saturated rings. The first-order valence-electron chi connectivity index (χ1n) is 10.5. The number of carbonyl (C=O) groups is 2.